The minimum Gasteiger partial charge on any atom is -0.382 e. The van der Waals surface area contributed by atoms with Crippen LogP contribution >= 0.6 is 0 Å². The maximum atomic E-state index is 12.8. The number of aromatic amines is 1. The van der Waals surface area contributed by atoms with Crippen LogP contribution in [0.2, 0.25) is 0 Å². The summed E-state index contributed by atoms with van der Waals surface area (Å²) in [5.74, 6) is -0.413. The molecule has 118 valence electrons. The van der Waals surface area contributed by atoms with Gasteiger partial charge in [0.2, 0.25) is 0 Å². The van der Waals surface area contributed by atoms with Gasteiger partial charge in [0.1, 0.15) is 5.69 Å². The van der Waals surface area contributed by atoms with E-state index < -0.39 is 23.7 Å². The minimum atomic E-state index is -4.43. The Bertz CT molecular complexity index is 624. The molecule has 22 heavy (non-hydrogen) atoms. The Kier molecular flexibility index (Phi) is 4.87. The second kappa shape index (κ2) is 6.65. The van der Waals surface area contributed by atoms with Gasteiger partial charge in [-0.15, -0.1) is 0 Å². The molecule has 2 aromatic rings. The molecular weight excluding hydrogens is 297 g/mol. The fourth-order valence-electron chi connectivity index (χ4n) is 2.03. The van der Waals surface area contributed by atoms with Crippen LogP contribution in [-0.4, -0.2) is 24.6 Å². The molecule has 4 nitrogen and oxygen atoms in total. The van der Waals surface area contributed by atoms with E-state index in [2.05, 4.69) is 10.3 Å². The number of methoxy groups -OCH3 is 1. The summed E-state index contributed by atoms with van der Waals surface area (Å²) in [6.45, 7) is 0.0633. The Balaban J connectivity index is 2.22. The van der Waals surface area contributed by atoms with E-state index in [0.29, 0.717) is 11.3 Å². The molecule has 1 aromatic carbocycles. The largest absolute Gasteiger partial charge is 0.416 e. The molecular formula is C15H15F3N2O2. The molecule has 2 N–H and O–H groups in total. The third kappa shape index (κ3) is 3.88. The minimum absolute atomic E-state index is 0.0633. The molecule has 7 heteroatoms. The Labute approximate surface area is 125 Å². The molecule has 0 aliphatic heterocycles. The highest BCUT2D eigenvalue weighted by molar-refractivity contribution is 5.92. The Morgan fingerprint density at radius 3 is 2.68 bits per heavy atom. The number of rotatable bonds is 5. The van der Waals surface area contributed by atoms with Crippen LogP contribution in [0.5, 0.6) is 0 Å². The van der Waals surface area contributed by atoms with E-state index in [4.69, 9.17) is 4.74 Å². The van der Waals surface area contributed by atoms with Gasteiger partial charge in [0.15, 0.2) is 0 Å². The highest BCUT2D eigenvalue weighted by atomic mass is 19.4. The smallest absolute Gasteiger partial charge is 0.382 e. The quantitative estimate of drug-likeness (QED) is 0.891. The van der Waals surface area contributed by atoms with Crippen molar-refractivity contribution in [3.63, 3.8) is 0 Å². The van der Waals surface area contributed by atoms with Gasteiger partial charge in [0.05, 0.1) is 18.2 Å². The predicted molar refractivity (Wildman–Crippen MR) is 74.3 cm³/mol. The summed E-state index contributed by atoms with van der Waals surface area (Å²) in [7, 11) is 1.42. The van der Waals surface area contributed by atoms with Crippen LogP contribution in [0.4, 0.5) is 13.2 Å². The lowest BCUT2D eigenvalue weighted by molar-refractivity contribution is -0.137. The molecule has 0 aliphatic carbocycles. The summed E-state index contributed by atoms with van der Waals surface area (Å²) in [4.78, 5) is 14.8. The van der Waals surface area contributed by atoms with Gasteiger partial charge in [0.25, 0.3) is 5.91 Å². The van der Waals surface area contributed by atoms with Crippen molar-refractivity contribution in [1.29, 1.82) is 0 Å². The number of hydrogen-bond donors (Lipinski definition) is 2. The van der Waals surface area contributed by atoms with Crippen molar-refractivity contribution < 1.29 is 22.7 Å². The zero-order chi connectivity index (χ0) is 16.2. The van der Waals surface area contributed by atoms with Crippen molar-refractivity contribution in [2.45, 2.75) is 12.2 Å². The van der Waals surface area contributed by atoms with E-state index >= 15 is 0 Å². The maximum Gasteiger partial charge on any atom is 0.416 e. The van der Waals surface area contributed by atoms with Gasteiger partial charge in [-0.25, -0.2) is 0 Å². The molecule has 1 amide bonds. The molecule has 0 saturated carbocycles. The third-order valence-corrected chi connectivity index (χ3v) is 3.10. The topological polar surface area (TPSA) is 54.1 Å². The van der Waals surface area contributed by atoms with Gasteiger partial charge in [-0.1, -0.05) is 12.1 Å². The second-order valence-corrected chi connectivity index (χ2v) is 4.69. The highest BCUT2D eigenvalue weighted by Gasteiger charge is 2.31. The van der Waals surface area contributed by atoms with Crippen LogP contribution < -0.4 is 5.32 Å². The number of ether oxygens (including phenoxy) is 1. The molecule has 0 unspecified atom stereocenters. The summed E-state index contributed by atoms with van der Waals surface area (Å²) in [5.41, 5.74) is -0.107. The molecule has 0 spiro atoms. The summed E-state index contributed by atoms with van der Waals surface area (Å²) >= 11 is 0. The van der Waals surface area contributed by atoms with E-state index in [9.17, 15) is 18.0 Å². The summed E-state index contributed by atoms with van der Waals surface area (Å²) in [6, 6.07) is 7.38. The number of alkyl halides is 3. The third-order valence-electron chi connectivity index (χ3n) is 3.10. The van der Waals surface area contributed by atoms with E-state index in [1.54, 1.807) is 18.3 Å². The van der Waals surface area contributed by atoms with Gasteiger partial charge in [0, 0.05) is 13.3 Å². The van der Waals surface area contributed by atoms with Gasteiger partial charge < -0.3 is 15.0 Å². The maximum absolute atomic E-state index is 12.8. The number of amides is 1. The lowest BCUT2D eigenvalue weighted by atomic mass is 10.0. The fourth-order valence-corrected chi connectivity index (χ4v) is 2.03. The van der Waals surface area contributed by atoms with E-state index in [0.717, 1.165) is 12.1 Å². The van der Waals surface area contributed by atoms with E-state index in [1.165, 1.54) is 19.2 Å². The molecule has 0 bridgehead atoms. The number of carbonyl (C=O) groups excluding carboxylic acids is 1. The van der Waals surface area contributed by atoms with Crippen molar-refractivity contribution in [1.82, 2.24) is 10.3 Å². The zero-order valence-electron chi connectivity index (χ0n) is 11.8. The van der Waals surface area contributed by atoms with Crippen molar-refractivity contribution in [2.24, 2.45) is 0 Å². The van der Waals surface area contributed by atoms with Gasteiger partial charge in [-0.2, -0.15) is 13.2 Å². The van der Waals surface area contributed by atoms with Gasteiger partial charge in [-0.3, -0.25) is 4.79 Å². The number of carbonyl (C=O) groups is 1. The molecule has 1 atom stereocenters. The lowest BCUT2D eigenvalue weighted by Gasteiger charge is -2.19. The van der Waals surface area contributed by atoms with E-state index in [1.807, 2.05) is 0 Å². The van der Waals surface area contributed by atoms with Crippen molar-refractivity contribution in [2.75, 3.05) is 13.7 Å². The van der Waals surface area contributed by atoms with Crippen LogP contribution in [0.15, 0.2) is 42.6 Å². The summed E-state index contributed by atoms with van der Waals surface area (Å²) in [5, 5.41) is 2.65. The fraction of sp³-hybridized carbons (Fsp3) is 0.267. The number of halogens is 3. The number of benzene rings is 1. The SMILES string of the molecule is COC[C@@H](NC(=O)c1ccc[nH]1)c1cccc(C(F)(F)F)c1. The first kappa shape index (κ1) is 16.1. The number of nitrogens with one attached hydrogen (secondary N) is 2. The molecule has 0 saturated heterocycles. The summed E-state index contributed by atoms with van der Waals surface area (Å²) in [6.07, 6.45) is -2.85. The predicted octanol–water partition coefficient (Wildman–Crippen LogP) is 3.15. The number of hydrogen-bond acceptors (Lipinski definition) is 2. The Hall–Kier alpha value is -2.28. The van der Waals surface area contributed by atoms with E-state index in [-0.39, 0.29) is 6.61 Å². The van der Waals surface area contributed by atoms with Gasteiger partial charge in [-0.05, 0) is 29.8 Å². The average Bonchev–Trinajstić information content (AvgIpc) is 3.00. The molecule has 0 aliphatic rings. The molecule has 1 aromatic heterocycles. The first-order chi connectivity index (χ1) is 10.4. The van der Waals surface area contributed by atoms with Crippen LogP contribution in [0.1, 0.15) is 27.7 Å². The average molecular weight is 312 g/mol. The molecule has 0 radical (unpaired) electrons. The van der Waals surface area contributed by atoms with Crippen LogP contribution in [-0.2, 0) is 10.9 Å². The van der Waals surface area contributed by atoms with Crippen molar-refractivity contribution in [3.8, 4) is 0 Å². The first-order valence-corrected chi connectivity index (χ1v) is 6.52. The normalized spacial score (nSPS) is 12.9. The molecule has 1 heterocycles. The summed E-state index contributed by atoms with van der Waals surface area (Å²) < 4.78 is 43.3. The lowest BCUT2D eigenvalue weighted by Crippen LogP contribution is -2.31. The molecule has 0 fully saturated rings. The monoisotopic (exact) mass is 312 g/mol. The zero-order valence-corrected chi connectivity index (χ0v) is 11.8. The number of aromatic nitrogens is 1. The Morgan fingerprint density at radius 1 is 1.32 bits per heavy atom. The van der Waals surface area contributed by atoms with Crippen LogP contribution in [0.3, 0.4) is 0 Å². The molecule has 2 rings (SSSR count). The van der Waals surface area contributed by atoms with Gasteiger partial charge >= 0.3 is 6.18 Å². The van der Waals surface area contributed by atoms with Crippen molar-refractivity contribution >= 4 is 5.91 Å². The standard InChI is InChI=1S/C15H15F3N2O2/c1-22-9-13(20-14(21)12-6-3-7-19-12)10-4-2-5-11(8-10)15(16,17)18/h2-8,13,19H,9H2,1H3,(H,20,21)/t13-/m1/s1. The van der Waals surface area contributed by atoms with Crippen molar-refractivity contribution in [3.05, 3.63) is 59.4 Å². The Morgan fingerprint density at radius 2 is 2.09 bits per heavy atom. The van der Waals surface area contributed by atoms with Crippen LogP contribution in [0, 0.1) is 0 Å². The number of H-pyrrole nitrogens is 1. The van der Waals surface area contributed by atoms with Crippen LogP contribution in [0.25, 0.3) is 0 Å². The second-order valence-electron chi connectivity index (χ2n) is 4.69. The highest BCUT2D eigenvalue weighted by Crippen LogP contribution is 2.30. The first-order valence-electron chi connectivity index (χ1n) is 6.52.